The zero-order valence-corrected chi connectivity index (χ0v) is 15.8. The number of hydrogen-bond donors (Lipinski definition) is 1. The van der Waals surface area contributed by atoms with E-state index in [1.165, 1.54) is 11.3 Å². The van der Waals surface area contributed by atoms with Crippen LogP contribution in [0.1, 0.15) is 17.7 Å². The van der Waals surface area contributed by atoms with Crippen molar-refractivity contribution in [3.63, 3.8) is 0 Å². The minimum atomic E-state index is -0.338. The van der Waals surface area contributed by atoms with Gasteiger partial charge >= 0.3 is 0 Å². The first-order valence-corrected chi connectivity index (χ1v) is 9.77. The number of aryl methyl sites for hydroxylation is 1. The zero-order valence-electron chi connectivity index (χ0n) is 15.0. The number of carbonyl (C=O) groups is 2. The topological polar surface area (TPSA) is 75.2 Å². The van der Waals surface area contributed by atoms with Crippen molar-refractivity contribution in [3.8, 4) is 0 Å². The predicted molar refractivity (Wildman–Crippen MR) is 106 cm³/mol. The van der Waals surface area contributed by atoms with E-state index in [4.69, 9.17) is 0 Å². The Bertz CT molecular complexity index is 986. The van der Waals surface area contributed by atoms with E-state index >= 15 is 0 Å². The second kappa shape index (κ2) is 7.44. The van der Waals surface area contributed by atoms with Crippen LogP contribution in [-0.4, -0.2) is 34.9 Å². The summed E-state index contributed by atoms with van der Waals surface area (Å²) >= 11 is 1.50. The monoisotopic (exact) mass is 380 g/mol. The van der Waals surface area contributed by atoms with Crippen LogP contribution in [0.3, 0.4) is 0 Å². The van der Waals surface area contributed by atoms with Gasteiger partial charge in [-0.2, -0.15) is 0 Å². The molecule has 2 aromatic heterocycles. The largest absolute Gasteiger partial charge is 0.355 e. The van der Waals surface area contributed by atoms with Gasteiger partial charge in [0.2, 0.25) is 11.8 Å². The number of amides is 2. The van der Waals surface area contributed by atoms with Crippen molar-refractivity contribution in [2.75, 3.05) is 18.0 Å². The first kappa shape index (κ1) is 17.6. The van der Waals surface area contributed by atoms with E-state index in [1.54, 1.807) is 11.1 Å². The Hall–Kier alpha value is -2.80. The lowest BCUT2D eigenvalue weighted by Crippen LogP contribution is -2.34. The first-order chi connectivity index (χ1) is 13.1. The number of rotatable bonds is 5. The van der Waals surface area contributed by atoms with Crippen molar-refractivity contribution < 1.29 is 9.59 Å². The highest BCUT2D eigenvalue weighted by Crippen LogP contribution is 2.33. The lowest BCUT2D eigenvalue weighted by molar-refractivity contribution is -0.126. The number of hydrogen-bond acceptors (Lipinski definition) is 5. The number of pyridine rings is 1. The number of aromatic nitrogens is 2. The van der Waals surface area contributed by atoms with Gasteiger partial charge in [0.05, 0.1) is 16.1 Å². The lowest BCUT2D eigenvalue weighted by Gasteiger charge is -2.13. The SMILES string of the molecule is Cc1ccc2nc(N3CC(C(=O)NCCc4ccccn4)CC3=O)sc2c1. The minimum absolute atomic E-state index is 0.0457. The second-order valence-corrected chi connectivity index (χ2v) is 7.74. The Morgan fingerprint density at radius 2 is 2.22 bits per heavy atom. The van der Waals surface area contributed by atoms with Gasteiger partial charge < -0.3 is 5.32 Å². The van der Waals surface area contributed by atoms with E-state index < -0.39 is 0 Å². The fourth-order valence-corrected chi connectivity index (χ4v) is 4.30. The Morgan fingerprint density at radius 1 is 1.33 bits per heavy atom. The molecule has 1 fully saturated rings. The van der Waals surface area contributed by atoms with E-state index in [1.807, 2.05) is 37.3 Å². The maximum Gasteiger partial charge on any atom is 0.229 e. The van der Waals surface area contributed by atoms with Gasteiger partial charge in [-0.15, -0.1) is 0 Å². The summed E-state index contributed by atoms with van der Waals surface area (Å²) in [5, 5.41) is 3.60. The van der Waals surface area contributed by atoms with Crippen molar-refractivity contribution in [3.05, 3.63) is 53.9 Å². The molecule has 1 aromatic carbocycles. The zero-order chi connectivity index (χ0) is 18.8. The third-order valence-corrected chi connectivity index (χ3v) is 5.71. The average Bonchev–Trinajstić information content (AvgIpc) is 3.25. The van der Waals surface area contributed by atoms with Crippen LogP contribution in [0.25, 0.3) is 10.2 Å². The van der Waals surface area contributed by atoms with Crippen molar-refractivity contribution in [1.82, 2.24) is 15.3 Å². The van der Waals surface area contributed by atoms with E-state index in [9.17, 15) is 9.59 Å². The van der Waals surface area contributed by atoms with Crippen LogP contribution in [0.15, 0.2) is 42.6 Å². The molecule has 1 unspecified atom stereocenters. The fraction of sp³-hybridized carbons (Fsp3) is 0.300. The summed E-state index contributed by atoms with van der Waals surface area (Å²) in [4.78, 5) is 35.3. The maximum absolute atomic E-state index is 12.4. The maximum atomic E-state index is 12.4. The number of nitrogens with one attached hydrogen (secondary N) is 1. The number of nitrogens with zero attached hydrogens (tertiary/aromatic N) is 3. The van der Waals surface area contributed by atoms with Gasteiger partial charge in [0.15, 0.2) is 5.13 Å². The summed E-state index contributed by atoms with van der Waals surface area (Å²) in [5.41, 5.74) is 2.99. The first-order valence-electron chi connectivity index (χ1n) is 8.95. The molecule has 1 saturated heterocycles. The molecule has 3 heterocycles. The van der Waals surface area contributed by atoms with Crippen LogP contribution < -0.4 is 10.2 Å². The molecule has 0 saturated carbocycles. The van der Waals surface area contributed by atoms with Crippen LogP contribution in [0.4, 0.5) is 5.13 Å². The van der Waals surface area contributed by atoms with Gasteiger partial charge in [-0.3, -0.25) is 19.5 Å². The Balaban J connectivity index is 1.38. The quantitative estimate of drug-likeness (QED) is 0.738. The van der Waals surface area contributed by atoms with Crippen LogP contribution >= 0.6 is 11.3 Å². The summed E-state index contributed by atoms with van der Waals surface area (Å²) in [6, 6.07) is 11.8. The van der Waals surface area contributed by atoms with Gasteiger partial charge in [-0.05, 0) is 36.8 Å². The van der Waals surface area contributed by atoms with Crippen molar-refractivity contribution in [2.24, 2.45) is 5.92 Å². The number of benzene rings is 1. The highest BCUT2D eigenvalue weighted by atomic mass is 32.1. The summed E-state index contributed by atoms with van der Waals surface area (Å²) in [5.74, 6) is -0.468. The molecule has 4 rings (SSSR count). The van der Waals surface area contributed by atoms with Gasteiger partial charge in [0.1, 0.15) is 0 Å². The molecule has 1 aliphatic rings. The van der Waals surface area contributed by atoms with Gasteiger partial charge in [0, 0.05) is 37.8 Å². The number of fused-ring (bicyclic) bond motifs is 1. The fourth-order valence-electron chi connectivity index (χ4n) is 3.21. The average molecular weight is 380 g/mol. The van der Waals surface area contributed by atoms with E-state index in [2.05, 4.69) is 21.4 Å². The van der Waals surface area contributed by atoms with Gasteiger partial charge in [-0.1, -0.05) is 23.5 Å². The molecule has 138 valence electrons. The summed E-state index contributed by atoms with van der Waals surface area (Å²) in [7, 11) is 0. The number of anilines is 1. The molecule has 1 atom stereocenters. The third kappa shape index (κ3) is 3.83. The highest BCUT2D eigenvalue weighted by molar-refractivity contribution is 7.22. The van der Waals surface area contributed by atoms with Crippen LogP contribution in [0.2, 0.25) is 0 Å². The molecule has 0 aliphatic carbocycles. The second-order valence-electron chi connectivity index (χ2n) is 6.74. The molecule has 7 heteroatoms. The Labute approximate surface area is 161 Å². The number of carbonyl (C=O) groups excluding carboxylic acids is 2. The third-order valence-electron chi connectivity index (χ3n) is 4.67. The van der Waals surface area contributed by atoms with Crippen molar-refractivity contribution in [2.45, 2.75) is 19.8 Å². The predicted octanol–water partition coefficient (Wildman–Crippen LogP) is 2.71. The van der Waals surface area contributed by atoms with Crippen molar-refractivity contribution >= 4 is 38.5 Å². The van der Waals surface area contributed by atoms with Crippen LogP contribution in [0.5, 0.6) is 0 Å². The van der Waals surface area contributed by atoms with Gasteiger partial charge in [0.25, 0.3) is 0 Å². The Kier molecular flexibility index (Phi) is 4.85. The molecular formula is C20H20N4O2S. The molecule has 1 N–H and O–H groups in total. The van der Waals surface area contributed by atoms with Gasteiger partial charge in [-0.25, -0.2) is 4.98 Å². The molecule has 27 heavy (non-hydrogen) atoms. The van der Waals surface area contributed by atoms with E-state index in [0.29, 0.717) is 24.6 Å². The highest BCUT2D eigenvalue weighted by Gasteiger charge is 2.36. The lowest BCUT2D eigenvalue weighted by atomic mass is 10.1. The number of thiazole rings is 1. The van der Waals surface area contributed by atoms with Crippen LogP contribution in [0, 0.1) is 12.8 Å². The van der Waals surface area contributed by atoms with E-state index in [0.717, 1.165) is 21.5 Å². The molecule has 1 aliphatic heterocycles. The molecule has 0 radical (unpaired) electrons. The standard InChI is InChI=1S/C20H20N4O2S/c1-13-5-6-16-17(10-13)27-20(23-16)24-12-14(11-18(24)25)19(26)22-9-7-15-4-2-3-8-21-15/h2-6,8,10,14H,7,9,11-12H2,1H3,(H,22,26). The summed E-state index contributed by atoms with van der Waals surface area (Å²) in [6.07, 6.45) is 2.64. The minimum Gasteiger partial charge on any atom is -0.355 e. The Morgan fingerprint density at radius 3 is 3.04 bits per heavy atom. The molecular weight excluding hydrogens is 360 g/mol. The normalized spacial score (nSPS) is 16.9. The van der Waals surface area contributed by atoms with Crippen molar-refractivity contribution in [1.29, 1.82) is 0 Å². The molecule has 2 amide bonds. The summed E-state index contributed by atoms with van der Waals surface area (Å²) < 4.78 is 1.06. The van der Waals surface area contributed by atoms with E-state index in [-0.39, 0.29) is 24.2 Å². The molecule has 3 aromatic rings. The molecule has 0 bridgehead atoms. The molecule has 6 nitrogen and oxygen atoms in total. The summed E-state index contributed by atoms with van der Waals surface area (Å²) in [6.45, 7) is 2.93. The van der Waals surface area contributed by atoms with Crippen LogP contribution in [-0.2, 0) is 16.0 Å². The molecule has 0 spiro atoms. The smallest absolute Gasteiger partial charge is 0.229 e.